The van der Waals surface area contributed by atoms with Crippen molar-refractivity contribution in [2.75, 3.05) is 7.11 Å². The molecule has 1 unspecified atom stereocenters. The van der Waals surface area contributed by atoms with E-state index in [-0.39, 0.29) is 6.10 Å². The molecule has 3 nitrogen and oxygen atoms in total. The first-order valence-corrected chi connectivity index (χ1v) is 6.10. The van der Waals surface area contributed by atoms with Gasteiger partial charge in [-0.15, -0.1) is 0 Å². The zero-order chi connectivity index (χ0) is 12.8. The molecule has 0 radical (unpaired) electrons. The molecule has 2 rings (SSSR count). The van der Waals surface area contributed by atoms with E-state index in [2.05, 4.69) is 0 Å². The Balaban J connectivity index is 1.79. The molecule has 1 aromatic carbocycles. The van der Waals surface area contributed by atoms with Crippen LogP contribution < -0.4 is 4.74 Å². The van der Waals surface area contributed by atoms with Gasteiger partial charge in [-0.1, -0.05) is 12.1 Å². The van der Waals surface area contributed by atoms with E-state index in [1.165, 1.54) is 5.56 Å². The van der Waals surface area contributed by atoms with Gasteiger partial charge in [-0.05, 0) is 42.2 Å². The third kappa shape index (κ3) is 3.64. The average Bonchev–Trinajstić information content (AvgIpc) is 2.90. The fourth-order valence-electron chi connectivity index (χ4n) is 1.91. The molecule has 96 valence electrons. The van der Waals surface area contributed by atoms with Crippen LogP contribution in [0.2, 0.25) is 0 Å². The van der Waals surface area contributed by atoms with Crippen molar-refractivity contribution in [2.24, 2.45) is 0 Å². The molecule has 0 aliphatic carbocycles. The maximum absolute atomic E-state index is 9.92. The third-order valence-corrected chi connectivity index (χ3v) is 2.98. The summed E-state index contributed by atoms with van der Waals surface area (Å²) < 4.78 is 10.1. The Morgan fingerprint density at radius 1 is 1.17 bits per heavy atom. The first-order valence-electron chi connectivity index (χ1n) is 6.10. The highest BCUT2D eigenvalue weighted by molar-refractivity contribution is 5.27. The van der Waals surface area contributed by atoms with E-state index >= 15 is 0 Å². The molecule has 0 aliphatic heterocycles. The lowest BCUT2D eigenvalue weighted by atomic mass is 10.0. The number of aliphatic hydroxyl groups excluding tert-OH is 1. The van der Waals surface area contributed by atoms with E-state index in [9.17, 15) is 5.11 Å². The molecule has 1 atom stereocenters. The molecule has 18 heavy (non-hydrogen) atoms. The summed E-state index contributed by atoms with van der Waals surface area (Å²) in [6.07, 6.45) is 5.24. The smallest absolute Gasteiger partial charge is 0.118 e. The van der Waals surface area contributed by atoms with Gasteiger partial charge in [0.15, 0.2) is 0 Å². The highest BCUT2D eigenvalue weighted by atomic mass is 16.5. The molecule has 1 aromatic heterocycles. The van der Waals surface area contributed by atoms with Gasteiger partial charge in [0.2, 0.25) is 0 Å². The molecule has 0 aliphatic rings. The molecule has 0 amide bonds. The zero-order valence-corrected chi connectivity index (χ0v) is 10.5. The van der Waals surface area contributed by atoms with Crippen LogP contribution in [-0.2, 0) is 12.8 Å². The zero-order valence-electron chi connectivity index (χ0n) is 10.5. The summed E-state index contributed by atoms with van der Waals surface area (Å²) in [7, 11) is 1.66. The van der Waals surface area contributed by atoms with E-state index in [0.29, 0.717) is 6.42 Å². The largest absolute Gasteiger partial charge is 0.497 e. The minimum atomic E-state index is -0.329. The summed E-state index contributed by atoms with van der Waals surface area (Å²) in [6.45, 7) is 0. The van der Waals surface area contributed by atoms with Crippen molar-refractivity contribution in [3.8, 4) is 5.75 Å². The van der Waals surface area contributed by atoms with Crippen molar-refractivity contribution in [1.29, 1.82) is 0 Å². The predicted molar refractivity (Wildman–Crippen MR) is 69.7 cm³/mol. The minimum absolute atomic E-state index is 0.329. The van der Waals surface area contributed by atoms with Crippen LogP contribution in [0, 0.1) is 0 Å². The number of benzene rings is 1. The highest BCUT2D eigenvalue weighted by Gasteiger charge is 2.07. The average molecular weight is 246 g/mol. The number of hydrogen-bond donors (Lipinski definition) is 1. The van der Waals surface area contributed by atoms with Gasteiger partial charge in [0.05, 0.1) is 25.7 Å². The van der Waals surface area contributed by atoms with E-state index < -0.39 is 0 Å². The monoisotopic (exact) mass is 246 g/mol. The molecule has 1 heterocycles. The number of ether oxygens (including phenoxy) is 1. The summed E-state index contributed by atoms with van der Waals surface area (Å²) in [6, 6.07) is 9.83. The van der Waals surface area contributed by atoms with E-state index in [0.717, 1.165) is 24.2 Å². The van der Waals surface area contributed by atoms with Crippen LogP contribution >= 0.6 is 0 Å². The molecular weight excluding hydrogens is 228 g/mol. The second-order valence-electron chi connectivity index (χ2n) is 4.38. The van der Waals surface area contributed by atoms with E-state index in [1.54, 1.807) is 19.6 Å². The van der Waals surface area contributed by atoms with Crippen molar-refractivity contribution in [3.63, 3.8) is 0 Å². The van der Waals surface area contributed by atoms with Crippen molar-refractivity contribution in [2.45, 2.75) is 25.4 Å². The maximum atomic E-state index is 9.92. The van der Waals surface area contributed by atoms with Crippen LogP contribution in [0.15, 0.2) is 47.3 Å². The number of rotatable bonds is 6. The van der Waals surface area contributed by atoms with Gasteiger partial charge in [-0.2, -0.15) is 0 Å². The van der Waals surface area contributed by atoms with Crippen molar-refractivity contribution >= 4 is 0 Å². The predicted octanol–water partition coefficient (Wildman–Crippen LogP) is 2.82. The number of aryl methyl sites for hydroxylation is 1. The third-order valence-electron chi connectivity index (χ3n) is 2.98. The molecule has 1 N–H and O–H groups in total. The number of methoxy groups -OCH3 is 1. The van der Waals surface area contributed by atoms with Gasteiger partial charge in [0.25, 0.3) is 0 Å². The fraction of sp³-hybridized carbons (Fsp3) is 0.333. The molecule has 0 saturated heterocycles. The lowest BCUT2D eigenvalue weighted by molar-refractivity contribution is 0.165. The molecule has 0 bridgehead atoms. The molecular formula is C15H18O3. The Morgan fingerprint density at radius 3 is 2.56 bits per heavy atom. The Labute approximate surface area is 107 Å². The van der Waals surface area contributed by atoms with Crippen LogP contribution in [0.1, 0.15) is 17.5 Å². The Bertz CT molecular complexity index is 445. The van der Waals surface area contributed by atoms with Crippen LogP contribution in [0.25, 0.3) is 0 Å². The first kappa shape index (κ1) is 12.7. The topological polar surface area (TPSA) is 42.6 Å². The van der Waals surface area contributed by atoms with Crippen LogP contribution in [-0.4, -0.2) is 18.3 Å². The fourth-order valence-corrected chi connectivity index (χ4v) is 1.91. The summed E-state index contributed by atoms with van der Waals surface area (Å²) >= 11 is 0. The van der Waals surface area contributed by atoms with E-state index in [4.69, 9.17) is 9.15 Å². The summed E-state index contributed by atoms with van der Waals surface area (Å²) in [5, 5.41) is 9.92. The second kappa shape index (κ2) is 6.26. The lowest BCUT2D eigenvalue weighted by Gasteiger charge is -2.09. The van der Waals surface area contributed by atoms with Gasteiger partial charge in [-0.3, -0.25) is 0 Å². The summed E-state index contributed by atoms with van der Waals surface area (Å²) in [5.41, 5.74) is 2.25. The van der Waals surface area contributed by atoms with Gasteiger partial charge in [0, 0.05) is 6.42 Å². The van der Waals surface area contributed by atoms with Crippen LogP contribution in [0.4, 0.5) is 0 Å². The number of furan rings is 1. The molecule has 3 heteroatoms. The van der Waals surface area contributed by atoms with Gasteiger partial charge >= 0.3 is 0 Å². The highest BCUT2D eigenvalue weighted by Crippen LogP contribution is 2.14. The van der Waals surface area contributed by atoms with Crippen LogP contribution in [0.3, 0.4) is 0 Å². The Kier molecular flexibility index (Phi) is 4.42. The maximum Gasteiger partial charge on any atom is 0.118 e. The van der Waals surface area contributed by atoms with Gasteiger partial charge in [0.1, 0.15) is 5.75 Å². The number of aliphatic hydroxyl groups is 1. The molecule has 0 fully saturated rings. The van der Waals surface area contributed by atoms with Gasteiger partial charge in [-0.25, -0.2) is 0 Å². The second-order valence-corrected chi connectivity index (χ2v) is 4.38. The molecule has 0 spiro atoms. The quantitative estimate of drug-likeness (QED) is 0.852. The normalized spacial score (nSPS) is 12.3. The van der Waals surface area contributed by atoms with Gasteiger partial charge < -0.3 is 14.3 Å². The van der Waals surface area contributed by atoms with Crippen LogP contribution in [0.5, 0.6) is 5.75 Å². The lowest BCUT2D eigenvalue weighted by Crippen LogP contribution is -2.11. The van der Waals surface area contributed by atoms with Crippen molar-refractivity contribution in [1.82, 2.24) is 0 Å². The molecule has 2 aromatic rings. The first-order chi connectivity index (χ1) is 8.78. The standard InChI is InChI=1S/C15H18O3/c1-17-15-6-3-12(4-7-15)2-5-14(16)10-13-8-9-18-11-13/h3-4,6-9,11,14,16H,2,5,10H2,1H3. The van der Waals surface area contributed by atoms with Crippen molar-refractivity contribution < 1.29 is 14.3 Å². The summed E-state index contributed by atoms with van der Waals surface area (Å²) in [4.78, 5) is 0. The number of hydrogen-bond acceptors (Lipinski definition) is 3. The van der Waals surface area contributed by atoms with Crippen molar-refractivity contribution in [3.05, 3.63) is 54.0 Å². The Morgan fingerprint density at radius 2 is 1.94 bits per heavy atom. The summed E-state index contributed by atoms with van der Waals surface area (Å²) in [5.74, 6) is 0.859. The molecule has 0 saturated carbocycles. The van der Waals surface area contributed by atoms with E-state index in [1.807, 2.05) is 30.3 Å². The minimum Gasteiger partial charge on any atom is -0.497 e. The SMILES string of the molecule is COc1ccc(CCC(O)Cc2ccoc2)cc1. The Hall–Kier alpha value is -1.74.